The zero-order valence-electron chi connectivity index (χ0n) is 12.0. The number of nitrogens with one attached hydrogen (secondary N) is 1. The van der Waals surface area contributed by atoms with Crippen molar-refractivity contribution in [3.8, 4) is 0 Å². The van der Waals surface area contributed by atoms with Gasteiger partial charge in [-0.25, -0.2) is 8.42 Å². The molecule has 1 unspecified atom stereocenters. The Morgan fingerprint density at radius 1 is 1.45 bits per heavy atom. The zero-order chi connectivity index (χ0) is 15.7. The molecule has 118 valence electrons. The molecule has 3 rings (SSSR count). The van der Waals surface area contributed by atoms with Crippen LogP contribution in [0.25, 0.3) is 0 Å². The molecule has 1 saturated heterocycles. The van der Waals surface area contributed by atoms with Gasteiger partial charge in [-0.3, -0.25) is 9.48 Å². The number of nitrogens with zero attached hydrogens (tertiary/aromatic N) is 3. The molecule has 1 amide bonds. The van der Waals surface area contributed by atoms with Crippen molar-refractivity contribution in [2.75, 3.05) is 11.9 Å². The zero-order valence-corrected chi connectivity index (χ0v) is 13.6. The van der Waals surface area contributed by atoms with Crippen LogP contribution < -0.4 is 5.32 Å². The second-order valence-corrected chi connectivity index (χ2v) is 8.13. The minimum atomic E-state index is -3.61. The van der Waals surface area contributed by atoms with Gasteiger partial charge in [-0.15, -0.1) is 11.3 Å². The number of hydrogen-bond donors (Lipinski definition) is 1. The molecule has 7 nitrogen and oxygen atoms in total. The lowest BCUT2D eigenvalue weighted by molar-refractivity contribution is -0.119. The monoisotopic (exact) mass is 340 g/mol. The first-order valence-electron chi connectivity index (χ1n) is 6.84. The lowest BCUT2D eigenvalue weighted by Gasteiger charge is -2.22. The fourth-order valence-electron chi connectivity index (χ4n) is 2.51. The molecule has 2 aromatic heterocycles. The van der Waals surface area contributed by atoms with Crippen LogP contribution in [0, 0.1) is 0 Å². The molecule has 0 saturated carbocycles. The molecule has 1 aliphatic heterocycles. The Kier molecular flexibility index (Phi) is 4.02. The summed E-state index contributed by atoms with van der Waals surface area (Å²) in [6.07, 6.45) is 2.90. The van der Waals surface area contributed by atoms with E-state index < -0.39 is 16.1 Å². The molecule has 1 aliphatic rings. The Hall–Kier alpha value is -1.71. The van der Waals surface area contributed by atoms with Crippen molar-refractivity contribution in [2.24, 2.45) is 7.05 Å². The number of aryl methyl sites for hydroxylation is 1. The van der Waals surface area contributed by atoms with E-state index in [2.05, 4.69) is 10.4 Å². The van der Waals surface area contributed by atoms with E-state index in [-0.39, 0.29) is 10.1 Å². The average Bonchev–Trinajstić information content (AvgIpc) is 3.20. The van der Waals surface area contributed by atoms with Gasteiger partial charge in [0, 0.05) is 25.9 Å². The van der Waals surface area contributed by atoms with Crippen LogP contribution >= 0.6 is 11.3 Å². The van der Waals surface area contributed by atoms with E-state index in [0.717, 1.165) is 11.3 Å². The molecule has 1 atom stereocenters. The van der Waals surface area contributed by atoms with Gasteiger partial charge < -0.3 is 5.32 Å². The molecular weight excluding hydrogens is 324 g/mol. The second kappa shape index (κ2) is 5.82. The van der Waals surface area contributed by atoms with Gasteiger partial charge in [0.05, 0.1) is 0 Å². The van der Waals surface area contributed by atoms with E-state index >= 15 is 0 Å². The molecule has 1 fully saturated rings. The number of rotatable bonds is 4. The summed E-state index contributed by atoms with van der Waals surface area (Å²) in [6, 6.07) is 4.24. The van der Waals surface area contributed by atoms with Crippen molar-refractivity contribution >= 4 is 33.1 Å². The van der Waals surface area contributed by atoms with Crippen LogP contribution in [0.1, 0.15) is 12.8 Å². The van der Waals surface area contributed by atoms with Gasteiger partial charge in [-0.2, -0.15) is 9.40 Å². The first kappa shape index (κ1) is 15.2. The minimum absolute atomic E-state index is 0.269. The summed E-state index contributed by atoms with van der Waals surface area (Å²) < 4.78 is 28.3. The van der Waals surface area contributed by atoms with Crippen LogP contribution in [0.4, 0.5) is 5.82 Å². The summed E-state index contributed by atoms with van der Waals surface area (Å²) in [7, 11) is -1.86. The highest BCUT2D eigenvalue weighted by Gasteiger charge is 2.40. The molecule has 0 aromatic carbocycles. The van der Waals surface area contributed by atoms with Crippen molar-refractivity contribution in [3.05, 3.63) is 29.8 Å². The second-order valence-electron chi connectivity index (χ2n) is 5.07. The van der Waals surface area contributed by atoms with Crippen molar-refractivity contribution in [3.63, 3.8) is 0 Å². The summed E-state index contributed by atoms with van der Waals surface area (Å²) in [6.45, 7) is 0.362. The van der Waals surface area contributed by atoms with Gasteiger partial charge in [-0.1, -0.05) is 6.07 Å². The quantitative estimate of drug-likeness (QED) is 0.908. The largest absolute Gasteiger partial charge is 0.308 e. The summed E-state index contributed by atoms with van der Waals surface area (Å²) in [5.74, 6) is 0.0872. The van der Waals surface area contributed by atoms with E-state index in [4.69, 9.17) is 0 Å². The average molecular weight is 340 g/mol. The van der Waals surface area contributed by atoms with Gasteiger partial charge >= 0.3 is 0 Å². The van der Waals surface area contributed by atoms with E-state index in [1.807, 2.05) is 0 Å². The molecule has 9 heteroatoms. The Morgan fingerprint density at radius 3 is 2.91 bits per heavy atom. The molecule has 1 N–H and O–H groups in total. The fraction of sp³-hybridized carbons (Fsp3) is 0.385. The van der Waals surface area contributed by atoms with Gasteiger partial charge in [-0.05, 0) is 24.3 Å². The fourth-order valence-corrected chi connectivity index (χ4v) is 5.28. The van der Waals surface area contributed by atoms with Crippen LogP contribution in [0.2, 0.25) is 0 Å². The number of sulfonamides is 1. The van der Waals surface area contributed by atoms with E-state index in [1.165, 1.54) is 4.31 Å². The molecule has 3 heterocycles. The lowest BCUT2D eigenvalue weighted by Crippen LogP contribution is -2.42. The molecule has 0 bridgehead atoms. The Bertz CT molecular complexity index is 767. The van der Waals surface area contributed by atoms with Crippen LogP contribution in [0.5, 0.6) is 0 Å². The highest BCUT2D eigenvalue weighted by atomic mass is 32.2. The molecule has 0 aliphatic carbocycles. The molecule has 0 radical (unpaired) electrons. The Balaban J connectivity index is 1.80. The Morgan fingerprint density at radius 2 is 2.27 bits per heavy atom. The van der Waals surface area contributed by atoms with Crippen LogP contribution in [0.15, 0.2) is 34.0 Å². The highest BCUT2D eigenvalue weighted by Crippen LogP contribution is 2.29. The third-order valence-electron chi connectivity index (χ3n) is 3.53. The smallest absolute Gasteiger partial charge is 0.253 e. The highest BCUT2D eigenvalue weighted by molar-refractivity contribution is 7.91. The van der Waals surface area contributed by atoms with Gasteiger partial charge in [0.15, 0.2) is 5.82 Å². The first-order chi connectivity index (χ1) is 10.5. The number of hydrogen-bond acceptors (Lipinski definition) is 5. The molecule has 2 aromatic rings. The normalized spacial score (nSPS) is 19.4. The molecule has 0 spiro atoms. The maximum absolute atomic E-state index is 12.6. The van der Waals surface area contributed by atoms with Crippen molar-refractivity contribution in [2.45, 2.75) is 23.1 Å². The Labute approximate surface area is 132 Å². The van der Waals surface area contributed by atoms with Crippen molar-refractivity contribution in [1.82, 2.24) is 14.1 Å². The predicted molar refractivity (Wildman–Crippen MR) is 83.1 cm³/mol. The third-order valence-corrected chi connectivity index (χ3v) is 6.81. The van der Waals surface area contributed by atoms with Crippen molar-refractivity contribution in [1.29, 1.82) is 0 Å². The number of amides is 1. The van der Waals surface area contributed by atoms with Crippen LogP contribution in [0.3, 0.4) is 0 Å². The van der Waals surface area contributed by atoms with Crippen LogP contribution in [-0.2, 0) is 21.9 Å². The topological polar surface area (TPSA) is 84.3 Å². The summed E-state index contributed by atoms with van der Waals surface area (Å²) in [5.41, 5.74) is 0. The summed E-state index contributed by atoms with van der Waals surface area (Å²) in [5, 5.41) is 8.47. The summed E-state index contributed by atoms with van der Waals surface area (Å²) in [4.78, 5) is 12.4. The SMILES string of the molecule is Cn1ccc(NC(=O)C2CCCN2S(=O)(=O)c2cccs2)n1. The van der Waals surface area contributed by atoms with E-state index in [1.54, 1.807) is 41.5 Å². The van der Waals surface area contributed by atoms with E-state index in [9.17, 15) is 13.2 Å². The van der Waals surface area contributed by atoms with Gasteiger partial charge in [0.2, 0.25) is 5.91 Å². The minimum Gasteiger partial charge on any atom is -0.308 e. The number of aromatic nitrogens is 2. The van der Waals surface area contributed by atoms with Crippen LogP contribution in [-0.4, -0.2) is 41.0 Å². The molecular formula is C13H16N4O3S2. The van der Waals surface area contributed by atoms with E-state index in [0.29, 0.717) is 25.2 Å². The first-order valence-corrected chi connectivity index (χ1v) is 9.16. The maximum Gasteiger partial charge on any atom is 0.253 e. The summed E-state index contributed by atoms with van der Waals surface area (Å²) >= 11 is 1.16. The number of thiophene rings is 1. The maximum atomic E-state index is 12.6. The standard InChI is InChI=1S/C13H16N4O3S2/c1-16-8-6-11(15-16)14-13(18)10-4-2-7-17(10)22(19,20)12-5-3-9-21-12/h3,5-6,8-10H,2,4,7H2,1H3,(H,14,15,18). The lowest BCUT2D eigenvalue weighted by atomic mass is 10.2. The number of carbonyl (C=O) groups excluding carboxylic acids is 1. The predicted octanol–water partition coefficient (Wildman–Crippen LogP) is 1.27. The number of carbonyl (C=O) groups is 1. The van der Waals surface area contributed by atoms with Crippen molar-refractivity contribution < 1.29 is 13.2 Å². The molecule has 22 heavy (non-hydrogen) atoms. The number of anilines is 1. The third kappa shape index (κ3) is 2.79. The van der Waals surface area contributed by atoms with Gasteiger partial charge in [0.1, 0.15) is 10.3 Å². The van der Waals surface area contributed by atoms with Gasteiger partial charge in [0.25, 0.3) is 10.0 Å².